The first-order valence-corrected chi connectivity index (χ1v) is 10.2. The van der Waals surface area contributed by atoms with Gasteiger partial charge in [-0.05, 0) is 36.2 Å². The number of benzene rings is 2. The lowest BCUT2D eigenvalue weighted by Crippen LogP contribution is -2.39. The van der Waals surface area contributed by atoms with E-state index in [1.54, 1.807) is 10.7 Å². The molecule has 30 heavy (non-hydrogen) atoms. The normalized spacial score (nSPS) is 16.4. The molecule has 0 bridgehead atoms. The molecule has 0 saturated carbocycles. The van der Waals surface area contributed by atoms with Gasteiger partial charge in [-0.15, -0.1) is 0 Å². The first-order chi connectivity index (χ1) is 14.4. The number of aryl methyl sites for hydroxylation is 1. The SMILES string of the molecule is Cn1ccc(COc2ccc(-c3ccc(Cl)c(C4CCC(=O)NC4=O)c3Cl)cc2)n1. The van der Waals surface area contributed by atoms with Crippen LogP contribution in [0.3, 0.4) is 0 Å². The monoisotopic (exact) mass is 443 g/mol. The highest BCUT2D eigenvalue weighted by Crippen LogP contribution is 2.41. The Hall–Kier alpha value is -2.83. The Kier molecular flexibility index (Phi) is 5.79. The van der Waals surface area contributed by atoms with Crippen LogP contribution in [-0.2, 0) is 23.2 Å². The number of piperidine rings is 1. The predicted octanol–water partition coefficient (Wildman–Crippen LogP) is 4.49. The number of amides is 2. The van der Waals surface area contributed by atoms with Gasteiger partial charge in [-0.2, -0.15) is 5.10 Å². The lowest BCUT2D eigenvalue weighted by Gasteiger charge is -2.24. The summed E-state index contributed by atoms with van der Waals surface area (Å²) < 4.78 is 7.50. The number of aromatic nitrogens is 2. The van der Waals surface area contributed by atoms with E-state index in [-0.39, 0.29) is 18.2 Å². The van der Waals surface area contributed by atoms with Gasteiger partial charge in [0.25, 0.3) is 0 Å². The minimum atomic E-state index is -0.552. The van der Waals surface area contributed by atoms with Crippen molar-refractivity contribution < 1.29 is 14.3 Å². The smallest absolute Gasteiger partial charge is 0.234 e. The van der Waals surface area contributed by atoms with Crippen molar-refractivity contribution in [3.8, 4) is 16.9 Å². The number of halogens is 2. The maximum Gasteiger partial charge on any atom is 0.234 e. The zero-order valence-corrected chi connectivity index (χ0v) is 17.7. The number of hydrogen-bond donors (Lipinski definition) is 1. The first kappa shape index (κ1) is 20.4. The van der Waals surface area contributed by atoms with Crippen LogP contribution in [0.2, 0.25) is 10.0 Å². The van der Waals surface area contributed by atoms with Gasteiger partial charge in [-0.3, -0.25) is 19.6 Å². The number of ether oxygens (including phenoxy) is 1. The van der Waals surface area contributed by atoms with E-state index >= 15 is 0 Å². The quantitative estimate of drug-likeness (QED) is 0.589. The lowest BCUT2D eigenvalue weighted by molar-refractivity contribution is -0.134. The zero-order chi connectivity index (χ0) is 21.3. The molecule has 0 radical (unpaired) electrons. The molecule has 1 unspecified atom stereocenters. The van der Waals surface area contributed by atoms with E-state index in [2.05, 4.69) is 10.4 Å². The Morgan fingerprint density at radius 2 is 1.90 bits per heavy atom. The number of carbonyl (C=O) groups is 2. The molecule has 1 aromatic heterocycles. The molecule has 0 spiro atoms. The predicted molar refractivity (Wildman–Crippen MR) is 115 cm³/mol. The molecule has 3 aromatic rings. The Balaban J connectivity index is 1.56. The van der Waals surface area contributed by atoms with Crippen molar-refractivity contribution in [1.29, 1.82) is 0 Å². The molecular formula is C22H19Cl2N3O3. The fourth-order valence-corrected chi connectivity index (χ4v) is 4.25. The molecule has 4 rings (SSSR count). The molecule has 2 amide bonds. The minimum absolute atomic E-state index is 0.260. The molecule has 1 aliphatic heterocycles. The molecular weight excluding hydrogens is 425 g/mol. The van der Waals surface area contributed by atoms with Crippen LogP contribution in [-0.4, -0.2) is 21.6 Å². The van der Waals surface area contributed by atoms with Crippen LogP contribution in [0.15, 0.2) is 48.7 Å². The van der Waals surface area contributed by atoms with E-state index in [0.717, 1.165) is 16.8 Å². The average molecular weight is 444 g/mol. The molecule has 1 saturated heterocycles. The van der Waals surface area contributed by atoms with Gasteiger partial charge in [0.2, 0.25) is 11.8 Å². The van der Waals surface area contributed by atoms with Gasteiger partial charge in [-0.25, -0.2) is 0 Å². The Morgan fingerprint density at radius 1 is 1.13 bits per heavy atom. The van der Waals surface area contributed by atoms with Crippen LogP contribution in [0.4, 0.5) is 0 Å². The summed E-state index contributed by atoms with van der Waals surface area (Å²) in [6.45, 7) is 0.377. The van der Waals surface area contributed by atoms with Gasteiger partial charge in [0, 0.05) is 35.8 Å². The van der Waals surface area contributed by atoms with E-state index in [1.165, 1.54) is 0 Å². The van der Waals surface area contributed by atoms with Crippen molar-refractivity contribution in [2.24, 2.45) is 7.05 Å². The third kappa shape index (κ3) is 4.20. The van der Waals surface area contributed by atoms with Crippen molar-refractivity contribution in [2.75, 3.05) is 0 Å². The standard InChI is InChI=1S/C22H19Cl2N3O3/c1-27-11-10-14(26-27)12-30-15-4-2-13(3-5-15)16-6-8-18(23)20(21(16)24)17-7-9-19(28)25-22(17)29/h2-6,8,10-11,17H,7,9,12H2,1H3,(H,25,28,29). The Labute approximate surface area is 183 Å². The summed E-state index contributed by atoms with van der Waals surface area (Å²) in [5.74, 6) is -0.491. The van der Waals surface area contributed by atoms with Crippen molar-refractivity contribution in [1.82, 2.24) is 15.1 Å². The van der Waals surface area contributed by atoms with Gasteiger partial charge < -0.3 is 4.74 Å². The summed E-state index contributed by atoms with van der Waals surface area (Å²) in [7, 11) is 1.86. The van der Waals surface area contributed by atoms with E-state index in [1.807, 2.05) is 49.6 Å². The maximum atomic E-state index is 12.3. The fourth-order valence-electron chi connectivity index (χ4n) is 3.51. The number of hydrogen-bond acceptors (Lipinski definition) is 4. The van der Waals surface area contributed by atoms with E-state index in [9.17, 15) is 9.59 Å². The van der Waals surface area contributed by atoms with Crippen LogP contribution in [0, 0.1) is 0 Å². The van der Waals surface area contributed by atoms with Gasteiger partial charge >= 0.3 is 0 Å². The highest BCUT2D eigenvalue weighted by Gasteiger charge is 2.32. The molecule has 1 fully saturated rings. The zero-order valence-electron chi connectivity index (χ0n) is 16.2. The summed E-state index contributed by atoms with van der Waals surface area (Å²) in [6, 6.07) is 13.0. The highest BCUT2D eigenvalue weighted by atomic mass is 35.5. The topological polar surface area (TPSA) is 73.2 Å². The molecule has 1 N–H and O–H groups in total. The molecule has 1 atom stereocenters. The van der Waals surface area contributed by atoms with Crippen LogP contribution < -0.4 is 10.1 Å². The van der Waals surface area contributed by atoms with Crippen molar-refractivity contribution >= 4 is 35.0 Å². The van der Waals surface area contributed by atoms with Crippen molar-refractivity contribution in [3.63, 3.8) is 0 Å². The number of nitrogens with zero attached hydrogens (tertiary/aromatic N) is 2. The number of rotatable bonds is 5. The summed E-state index contributed by atoms with van der Waals surface area (Å²) >= 11 is 13.0. The molecule has 8 heteroatoms. The van der Waals surface area contributed by atoms with Crippen LogP contribution >= 0.6 is 23.2 Å². The largest absolute Gasteiger partial charge is 0.487 e. The third-order valence-electron chi connectivity index (χ3n) is 5.04. The summed E-state index contributed by atoms with van der Waals surface area (Å²) in [5.41, 5.74) is 3.03. The molecule has 6 nitrogen and oxygen atoms in total. The molecule has 154 valence electrons. The second-order valence-corrected chi connectivity index (χ2v) is 7.91. The van der Waals surface area contributed by atoms with Crippen LogP contribution in [0.1, 0.15) is 30.0 Å². The summed E-state index contributed by atoms with van der Waals surface area (Å²) in [4.78, 5) is 23.8. The van der Waals surface area contributed by atoms with E-state index in [0.29, 0.717) is 34.4 Å². The molecule has 2 aromatic carbocycles. The van der Waals surface area contributed by atoms with Crippen LogP contribution in [0.25, 0.3) is 11.1 Å². The lowest BCUT2D eigenvalue weighted by atomic mass is 9.88. The Bertz CT molecular complexity index is 1110. The summed E-state index contributed by atoms with van der Waals surface area (Å²) in [6.07, 6.45) is 2.51. The van der Waals surface area contributed by atoms with E-state index in [4.69, 9.17) is 27.9 Å². The number of nitrogens with one attached hydrogen (secondary N) is 1. The summed E-state index contributed by atoms with van der Waals surface area (Å²) in [5, 5.41) is 7.47. The molecule has 1 aliphatic rings. The second kappa shape index (κ2) is 8.50. The van der Waals surface area contributed by atoms with Crippen molar-refractivity contribution in [2.45, 2.75) is 25.4 Å². The second-order valence-electron chi connectivity index (χ2n) is 7.12. The minimum Gasteiger partial charge on any atom is -0.487 e. The number of imide groups is 1. The number of carbonyl (C=O) groups excluding carboxylic acids is 2. The Morgan fingerprint density at radius 3 is 2.57 bits per heavy atom. The van der Waals surface area contributed by atoms with E-state index < -0.39 is 5.92 Å². The van der Waals surface area contributed by atoms with Gasteiger partial charge in [0.05, 0.1) is 16.6 Å². The average Bonchev–Trinajstić information content (AvgIpc) is 3.14. The van der Waals surface area contributed by atoms with Crippen molar-refractivity contribution in [3.05, 3.63) is 70.0 Å². The first-order valence-electron chi connectivity index (χ1n) is 9.45. The van der Waals surface area contributed by atoms with Gasteiger partial charge in [0.1, 0.15) is 12.4 Å². The third-order valence-corrected chi connectivity index (χ3v) is 5.77. The molecule has 0 aliphatic carbocycles. The molecule has 2 heterocycles. The van der Waals surface area contributed by atoms with Gasteiger partial charge in [-0.1, -0.05) is 41.4 Å². The fraction of sp³-hybridized carbons (Fsp3) is 0.227. The van der Waals surface area contributed by atoms with Crippen LogP contribution in [0.5, 0.6) is 5.75 Å². The maximum absolute atomic E-state index is 12.3. The highest BCUT2D eigenvalue weighted by molar-refractivity contribution is 6.38. The van der Waals surface area contributed by atoms with Gasteiger partial charge in [0.15, 0.2) is 0 Å².